The number of alkyl halides is 3. The molecule has 0 bridgehead atoms. The summed E-state index contributed by atoms with van der Waals surface area (Å²) in [7, 11) is -4.73. The van der Waals surface area contributed by atoms with Gasteiger partial charge in [0.1, 0.15) is 5.75 Å². The maximum absolute atomic E-state index is 12.4. The fraction of sp³-hybridized carbons (Fsp3) is 0.214. The number of nitrogens with zero attached hydrogens (tertiary/aromatic N) is 2. The van der Waals surface area contributed by atoms with E-state index in [1.54, 1.807) is 18.2 Å². The zero-order valence-electron chi connectivity index (χ0n) is 11.4. The number of halogens is 3. The minimum absolute atomic E-state index is 0.0468. The molecule has 23 heavy (non-hydrogen) atoms. The monoisotopic (exact) mass is 342 g/mol. The number of hydrogen-bond donors (Lipinski definition) is 0. The quantitative estimate of drug-likeness (QED) is 0.840. The number of ketones is 1. The third kappa shape index (κ3) is 2.83. The largest absolute Gasteiger partial charge is 0.402 e. The van der Waals surface area contributed by atoms with Gasteiger partial charge in [-0.05, 0) is 12.1 Å². The molecule has 0 saturated heterocycles. The summed E-state index contributed by atoms with van der Waals surface area (Å²) in [6, 6.07) is 6.32. The summed E-state index contributed by atoms with van der Waals surface area (Å²) in [5, 5.41) is -1.24. The van der Waals surface area contributed by atoms with E-state index in [0.29, 0.717) is 10.9 Å². The van der Waals surface area contributed by atoms with Crippen molar-refractivity contribution in [1.29, 1.82) is 0 Å². The number of benzene rings is 1. The van der Waals surface area contributed by atoms with Gasteiger partial charge in [-0.1, -0.05) is 12.1 Å². The molecule has 1 atom stereocenters. The highest BCUT2D eigenvalue weighted by molar-refractivity contribution is 7.93. The van der Waals surface area contributed by atoms with Gasteiger partial charge in [-0.2, -0.15) is 13.2 Å². The molecule has 0 amide bonds. The summed E-state index contributed by atoms with van der Waals surface area (Å²) >= 11 is 0. The summed E-state index contributed by atoms with van der Waals surface area (Å²) < 4.78 is 60.9. The molecule has 120 valence electrons. The Balaban J connectivity index is 2.08. The molecular weight excluding hydrogens is 333 g/mol. The van der Waals surface area contributed by atoms with Gasteiger partial charge < -0.3 is 0 Å². The second-order valence-electron chi connectivity index (χ2n) is 5.02. The lowest BCUT2D eigenvalue weighted by Gasteiger charge is -2.19. The van der Waals surface area contributed by atoms with Crippen molar-refractivity contribution in [2.24, 2.45) is 4.99 Å². The molecule has 1 aromatic heterocycles. The van der Waals surface area contributed by atoms with Crippen molar-refractivity contribution in [3.63, 3.8) is 0 Å². The molecule has 1 aliphatic heterocycles. The number of pyridine rings is 1. The van der Waals surface area contributed by atoms with Gasteiger partial charge in [-0.15, -0.1) is 0 Å². The van der Waals surface area contributed by atoms with Gasteiger partial charge >= 0.3 is 6.18 Å². The molecule has 9 heteroatoms. The first-order valence-corrected chi connectivity index (χ1v) is 8.15. The Kier molecular flexibility index (Phi) is 3.47. The average molecular weight is 342 g/mol. The first kappa shape index (κ1) is 15.6. The van der Waals surface area contributed by atoms with Crippen molar-refractivity contribution in [3.8, 4) is 0 Å². The number of aliphatic imine (C=N–C) groups is 1. The molecule has 3 rings (SSSR count). The van der Waals surface area contributed by atoms with Crippen molar-refractivity contribution in [2.45, 2.75) is 11.4 Å². The van der Waals surface area contributed by atoms with Crippen LogP contribution < -0.4 is 0 Å². The smallest absolute Gasteiger partial charge is 0.292 e. The molecule has 1 aliphatic rings. The van der Waals surface area contributed by atoms with Crippen LogP contribution in [0.1, 0.15) is 10.4 Å². The molecule has 2 heterocycles. The van der Waals surface area contributed by atoms with E-state index in [-0.39, 0.29) is 11.3 Å². The van der Waals surface area contributed by atoms with Crippen LogP contribution in [0, 0.1) is 0 Å². The number of hydrogen-bond acceptors (Lipinski definition) is 5. The Morgan fingerprint density at radius 3 is 2.61 bits per heavy atom. The number of fused-ring (bicyclic) bond motifs is 3. The Bertz CT molecular complexity index is 936. The summed E-state index contributed by atoms with van der Waals surface area (Å²) in [6.07, 6.45) is -2.69. The first-order chi connectivity index (χ1) is 10.7. The molecule has 0 N–H and O–H groups in total. The van der Waals surface area contributed by atoms with Crippen LogP contribution >= 0.6 is 0 Å². The highest BCUT2D eigenvalue weighted by atomic mass is 32.2. The van der Waals surface area contributed by atoms with Crippen LogP contribution in [0.5, 0.6) is 0 Å². The Morgan fingerprint density at radius 1 is 1.17 bits per heavy atom. The molecule has 0 saturated carbocycles. The van der Waals surface area contributed by atoms with Crippen LogP contribution in [0.4, 0.5) is 18.9 Å². The van der Waals surface area contributed by atoms with Gasteiger partial charge in [0.05, 0.1) is 11.2 Å². The fourth-order valence-electron chi connectivity index (χ4n) is 2.40. The minimum atomic E-state index is -4.92. The zero-order chi connectivity index (χ0) is 16.8. The van der Waals surface area contributed by atoms with E-state index in [4.69, 9.17) is 0 Å². The van der Waals surface area contributed by atoms with Crippen LogP contribution in [0.2, 0.25) is 0 Å². The van der Waals surface area contributed by atoms with Crippen LogP contribution in [0.15, 0.2) is 35.5 Å². The highest BCUT2D eigenvalue weighted by Gasteiger charge is 2.43. The molecule has 2 aromatic rings. The van der Waals surface area contributed by atoms with Crippen molar-refractivity contribution in [3.05, 3.63) is 36.0 Å². The normalized spacial score (nSPS) is 18.2. The van der Waals surface area contributed by atoms with Gasteiger partial charge in [-0.25, -0.2) is 8.42 Å². The van der Waals surface area contributed by atoms with Crippen molar-refractivity contribution >= 4 is 38.4 Å². The molecule has 0 spiro atoms. The topological polar surface area (TPSA) is 76.5 Å². The SMILES string of the molecule is O=C1c2ccc3cccnc3c2N=CC1S(=O)(=O)CC(F)(F)F. The average Bonchev–Trinajstić information content (AvgIpc) is 2.44. The Hall–Kier alpha value is -2.29. The van der Waals surface area contributed by atoms with E-state index in [1.807, 2.05) is 0 Å². The lowest BCUT2D eigenvalue weighted by molar-refractivity contribution is -0.106. The van der Waals surface area contributed by atoms with Gasteiger partial charge in [0.15, 0.2) is 20.9 Å². The van der Waals surface area contributed by atoms with Gasteiger partial charge in [-0.3, -0.25) is 14.8 Å². The van der Waals surface area contributed by atoms with E-state index < -0.39 is 32.8 Å². The third-order valence-electron chi connectivity index (χ3n) is 3.36. The van der Waals surface area contributed by atoms with Crippen molar-refractivity contribution in [1.82, 2.24) is 4.98 Å². The summed E-state index contributed by atoms with van der Waals surface area (Å²) in [5.74, 6) is -2.99. The minimum Gasteiger partial charge on any atom is -0.292 e. The van der Waals surface area contributed by atoms with E-state index in [9.17, 15) is 26.4 Å². The Morgan fingerprint density at radius 2 is 1.91 bits per heavy atom. The first-order valence-electron chi connectivity index (χ1n) is 6.43. The summed E-state index contributed by atoms with van der Waals surface area (Å²) in [6.45, 7) is 0. The number of carbonyl (C=O) groups excluding carboxylic acids is 1. The van der Waals surface area contributed by atoms with E-state index >= 15 is 0 Å². The summed E-state index contributed by atoms with van der Waals surface area (Å²) in [4.78, 5) is 20.3. The molecule has 1 aromatic carbocycles. The van der Waals surface area contributed by atoms with E-state index in [2.05, 4.69) is 9.98 Å². The maximum atomic E-state index is 12.4. The van der Waals surface area contributed by atoms with Crippen LogP contribution in [0.3, 0.4) is 0 Å². The maximum Gasteiger partial charge on any atom is 0.402 e. The standard InChI is InChI=1S/C14H9F3N2O3S/c15-14(16,17)7-23(21,22)10-6-19-12-9(13(10)20)4-3-8-2-1-5-18-11(8)12/h1-6,10H,7H2. The fourth-order valence-corrected chi connectivity index (χ4v) is 3.73. The summed E-state index contributed by atoms with van der Waals surface area (Å²) in [5.41, 5.74) is 0.516. The molecule has 0 fully saturated rings. The van der Waals surface area contributed by atoms with Crippen LogP contribution in [-0.2, 0) is 9.84 Å². The molecule has 5 nitrogen and oxygen atoms in total. The predicted molar refractivity (Wildman–Crippen MR) is 77.9 cm³/mol. The lowest BCUT2D eigenvalue weighted by Crippen LogP contribution is -2.39. The zero-order valence-corrected chi connectivity index (χ0v) is 12.2. The van der Waals surface area contributed by atoms with Crippen molar-refractivity contribution < 1.29 is 26.4 Å². The molecule has 0 radical (unpaired) electrons. The van der Waals surface area contributed by atoms with Gasteiger partial charge in [0.25, 0.3) is 0 Å². The van der Waals surface area contributed by atoms with E-state index in [1.165, 1.54) is 12.3 Å². The predicted octanol–water partition coefficient (Wildman–Crippen LogP) is 2.48. The molecule has 1 unspecified atom stereocenters. The third-order valence-corrected chi connectivity index (χ3v) is 5.20. The van der Waals surface area contributed by atoms with Crippen molar-refractivity contribution in [2.75, 3.05) is 5.75 Å². The number of sulfone groups is 1. The second kappa shape index (κ2) is 5.12. The Labute approximate surface area is 128 Å². The lowest BCUT2D eigenvalue weighted by atomic mass is 10.0. The van der Waals surface area contributed by atoms with Gasteiger partial charge in [0, 0.05) is 23.4 Å². The number of carbonyl (C=O) groups is 1. The molecular formula is C14H9F3N2O3S. The number of Topliss-reactive ketones (excluding diaryl/α,β-unsaturated/α-hetero) is 1. The highest BCUT2D eigenvalue weighted by Crippen LogP contribution is 2.33. The van der Waals surface area contributed by atoms with Crippen LogP contribution in [-0.4, -0.2) is 42.6 Å². The van der Waals surface area contributed by atoms with Gasteiger partial charge in [0.2, 0.25) is 0 Å². The second-order valence-corrected chi connectivity index (χ2v) is 7.14. The van der Waals surface area contributed by atoms with Crippen LogP contribution in [0.25, 0.3) is 10.9 Å². The number of aromatic nitrogens is 1. The van der Waals surface area contributed by atoms with E-state index in [0.717, 1.165) is 6.21 Å². The number of rotatable bonds is 2. The molecule has 0 aliphatic carbocycles.